The summed E-state index contributed by atoms with van der Waals surface area (Å²) in [5, 5.41) is 0. The molecule has 0 bridgehead atoms. The van der Waals surface area contributed by atoms with Gasteiger partial charge in [-0.15, -0.1) is 0 Å². The van der Waals surface area contributed by atoms with E-state index in [-0.39, 0.29) is 5.97 Å². The second-order valence-corrected chi connectivity index (χ2v) is 3.70. The lowest BCUT2D eigenvalue weighted by molar-refractivity contribution is -0.139. The maximum Gasteiger partial charge on any atom is 0.333 e. The van der Waals surface area contributed by atoms with Gasteiger partial charge in [0.25, 0.3) is 0 Å². The molecule has 0 radical (unpaired) electrons. The number of hydrogen-bond donors (Lipinski definition) is 0. The van der Waals surface area contributed by atoms with Gasteiger partial charge in [-0.1, -0.05) is 26.3 Å². The molecule has 0 spiro atoms. The third-order valence-electron chi connectivity index (χ3n) is 2.35. The van der Waals surface area contributed by atoms with E-state index >= 15 is 0 Å². The van der Waals surface area contributed by atoms with Gasteiger partial charge in [-0.3, -0.25) is 0 Å². The quantitative estimate of drug-likeness (QED) is 0.493. The van der Waals surface area contributed by atoms with E-state index in [0.717, 1.165) is 31.3 Å². The van der Waals surface area contributed by atoms with Gasteiger partial charge in [0.05, 0.1) is 6.61 Å². The largest absolute Gasteiger partial charge is 0.462 e. The highest BCUT2D eigenvalue weighted by Gasteiger charge is 2.18. The fraction of sp³-hybridized carbons (Fsp3) is 0.727. The van der Waals surface area contributed by atoms with Crippen molar-refractivity contribution in [2.45, 2.75) is 39.5 Å². The fourth-order valence-electron chi connectivity index (χ4n) is 1.47. The van der Waals surface area contributed by atoms with Gasteiger partial charge < -0.3 is 4.74 Å². The van der Waals surface area contributed by atoms with Gasteiger partial charge in [0.2, 0.25) is 0 Å². The molecule has 1 rings (SSSR count). The Morgan fingerprint density at radius 1 is 1.69 bits per heavy atom. The highest BCUT2D eigenvalue weighted by Crippen LogP contribution is 2.24. The lowest BCUT2D eigenvalue weighted by Crippen LogP contribution is -2.07. The standard InChI is InChI=1S/C11H18O2/c1-3-4-7-13-11(12)10-6-5-9(2)8-10/h8-9H,3-7H2,1-2H3. The minimum Gasteiger partial charge on any atom is -0.462 e. The zero-order valence-corrected chi connectivity index (χ0v) is 8.51. The molecule has 74 valence electrons. The zero-order valence-electron chi connectivity index (χ0n) is 8.51. The van der Waals surface area contributed by atoms with Gasteiger partial charge in [0, 0.05) is 5.57 Å². The van der Waals surface area contributed by atoms with E-state index in [0.29, 0.717) is 12.5 Å². The van der Waals surface area contributed by atoms with E-state index in [1.54, 1.807) is 0 Å². The van der Waals surface area contributed by atoms with E-state index in [1.807, 2.05) is 6.08 Å². The van der Waals surface area contributed by atoms with Crippen molar-refractivity contribution in [1.29, 1.82) is 0 Å². The number of rotatable bonds is 4. The first-order chi connectivity index (χ1) is 6.24. The number of carbonyl (C=O) groups excluding carboxylic acids is 1. The highest BCUT2D eigenvalue weighted by atomic mass is 16.5. The molecule has 0 aromatic heterocycles. The van der Waals surface area contributed by atoms with Gasteiger partial charge in [-0.05, 0) is 25.2 Å². The summed E-state index contributed by atoms with van der Waals surface area (Å²) in [5.74, 6) is 0.450. The van der Waals surface area contributed by atoms with Gasteiger partial charge in [0.1, 0.15) is 0 Å². The first-order valence-corrected chi connectivity index (χ1v) is 5.12. The minimum absolute atomic E-state index is 0.0993. The summed E-state index contributed by atoms with van der Waals surface area (Å²) in [4.78, 5) is 11.4. The number of ether oxygens (including phenoxy) is 1. The lowest BCUT2D eigenvalue weighted by atomic mass is 10.2. The highest BCUT2D eigenvalue weighted by molar-refractivity contribution is 5.88. The molecule has 0 saturated carbocycles. The van der Waals surface area contributed by atoms with Crippen LogP contribution in [0, 0.1) is 5.92 Å². The average Bonchev–Trinajstić information content (AvgIpc) is 2.52. The molecule has 0 N–H and O–H groups in total. The van der Waals surface area contributed by atoms with Crippen LogP contribution in [0.25, 0.3) is 0 Å². The van der Waals surface area contributed by atoms with Crippen molar-refractivity contribution >= 4 is 5.97 Å². The van der Waals surface area contributed by atoms with Crippen molar-refractivity contribution in [3.8, 4) is 0 Å². The Bertz CT molecular complexity index is 206. The molecule has 0 aromatic carbocycles. The Balaban J connectivity index is 2.27. The third kappa shape index (κ3) is 3.21. The maximum absolute atomic E-state index is 11.4. The number of hydrogen-bond acceptors (Lipinski definition) is 2. The first-order valence-electron chi connectivity index (χ1n) is 5.12. The Morgan fingerprint density at radius 2 is 2.46 bits per heavy atom. The summed E-state index contributed by atoms with van der Waals surface area (Å²) in [6.45, 7) is 4.79. The van der Waals surface area contributed by atoms with E-state index in [9.17, 15) is 4.79 Å². The molecule has 1 aliphatic carbocycles. The van der Waals surface area contributed by atoms with E-state index < -0.39 is 0 Å². The van der Waals surface area contributed by atoms with Crippen molar-refractivity contribution in [2.75, 3.05) is 6.61 Å². The number of allylic oxidation sites excluding steroid dienone is 1. The average molecular weight is 182 g/mol. The molecule has 0 saturated heterocycles. The second-order valence-electron chi connectivity index (χ2n) is 3.70. The predicted octanol–water partition coefficient (Wildman–Crippen LogP) is 2.69. The van der Waals surface area contributed by atoms with Crippen molar-refractivity contribution in [1.82, 2.24) is 0 Å². The summed E-state index contributed by atoms with van der Waals surface area (Å²) < 4.78 is 5.11. The molecule has 0 fully saturated rings. The summed E-state index contributed by atoms with van der Waals surface area (Å²) in [7, 11) is 0. The smallest absolute Gasteiger partial charge is 0.333 e. The van der Waals surface area contributed by atoms with Crippen molar-refractivity contribution in [2.24, 2.45) is 5.92 Å². The van der Waals surface area contributed by atoms with Gasteiger partial charge in [-0.25, -0.2) is 4.79 Å². The molecule has 2 heteroatoms. The van der Waals surface area contributed by atoms with E-state index in [4.69, 9.17) is 4.74 Å². The minimum atomic E-state index is -0.0993. The monoisotopic (exact) mass is 182 g/mol. The molecule has 0 aliphatic heterocycles. The summed E-state index contributed by atoms with van der Waals surface area (Å²) in [5.41, 5.74) is 0.878. The molecule has 0 amide bonds. The van der Waals surface area contributed by atoms with Crippen LogP contribution in [0.1, 0.15) is 39.5 Å². The van der Waals surface area contributed by atoms with Crippen LogP contribution in [0.2, 0.25) is 0 Å². The molecule has 1 atom stereocenters. The van der Waals surface area contributed by atoms with Crippen LogP contribution in [0.5, 0.6) is 0 Å². The van der Waals surface area contributed by atoms with Crippen LogP contribution in [0.4, 0.5) is 0 Å². The van der Waals surface area contributed by atoms with E-state index in [2.05, 4.69) is 13.8 Å². The Labute approximate surface area is 80.0 Å². The van der Waals surface area contributed by atoms with Gasteiger partial charge >= 0.3 is 5.97 Å². The maximum atomic E-state index is 11.4. The van der Waals surface area contributed by atoms with Crippen LogP contribution in [0.3, 0.4) is 0 Å². The SMILES string of the molecule is CCCCOC(=O)C1=CC(C)CC1. The van der Waals surface area contributed by atoms with Crippen LogP contribution in [-0.2, 0) is 9.53 Å². The Morgan fingerprint density at radius 3 is 3.00 bits per heavy atom. The zero-order chi connectivity index (χ0) is 9.68. The number of unbranched alkanes of at least 4 members (excludes halogenated alkanes) is 1. The topological polar surface area (TPSA) is 26.3 Å². The number of carbonyl (C=O) groups is 1. The normalized spacial score (nSPS) is 21.4. The van der Waals surface area contributed by atoms with Crippen LogP contribution < -0.4 is 0 Å². The Hall–Kier alpha value is -0.790. The predicted molar refractivity (Wildman–Crippen MR) is 52.3 cm³/mol. The van der Waals surface area contributed by atoms with Crippen LogP contribution in [0.15, 0.2) is 11.6 Å². The molecule has 2 nitrogen and oxygen atoms in total. The lowest BCUT2D eigenvalue weighted by Gasteiger charge is -2.03. The van der Waals surface area contributed by atoms with E-state index in [1.165, 1.54) is 0 Å². The Kier molecular flexibility index (Phi) is 4.00. The third-order valence-corrected chi connectivity index (χ3v) is 2.35. The molecular formula is C11H18O2. The van der Waals surface area contributed by atoms with Gasteiger partial charge in [0.15, 0.2) is 0 Å². The second kappa shape index (κ2) is 5.05. The number of esters is 1. The summed E-state index contributed by atoms with van der Waals surface area (Å²) in [6.07, 6.45) is 6.07. The van der Waals surface area contributed by atoms with Crippen LogP contribution >= 0.6 is 0 Å². The van der Waals surface area contributed by atoms with Crippen LogP contribution in [-0.4, -0.2) is 12.6 Å². The molecule has 1 unspecified atom stereocenters. The van der Waals surface area contributed by atoms with Crippen molar-refractivity contribution < 1.29 is 9.53 Å². The van der Waals surface area contributed by atoms with Gasteiger partial charge in [-0.2, -0.15) is 0 Å². The summed E-state index contributed by atoms with van der Waals surface area (Å²) in [6, 6.07) is 0. The molecular weight excluding hydrogens is 164 g/mol. The first kappa shape index (κ1) is 10.3. The van der Waals surface area contributed by atoms with Crippen molar-refractivity contribution in [3.05, 3.63) is 11.6 Å². The molecule has 0 aromatic rings. The molecule has 1 aliphatic rings. The summed E-state index contributed by atoms with van der Waals surface area (Å²) >= 11 is 0. The fourth-order valence-corrected chi connectivity index (χ4v) is 1.47. The molecule has 0 heterocycles. The molecule has 13 heavy (non-hydrogen) atoms. The van der Waals surface area contributed by atoms with Crippen molar-refractivity contribution in [3.63, 3.8) is 0 Å².